The van der Waals surface area contributed by atoms with Crippen LogP contribution in [0, 0.1) is 0 Å². The van der Waals surface area contributed by atoms with Crippen molar-refractivity contribution in [1.29, 1.82) is 0 Å². The number of fused-ring (bicyclic) bond motifs is 3. The monoisotopic (exact) mass is 484 g/mol. The summed E-state index contributed by atoms with van der Waals surface area (Å²) in [6.07, 6.45) is 4.01. The van der Waals surface area contributed by atoms with Crippen molar-refractivity contribution in [3.63, 3.8) is 0 Å². The first-order valence-corrected chi connectivity index (χ1v) is 12.1. The van der Waals surface area contributed by atoms with Crippen molar-refractivity contribution < 1.29 is 9.53 Å². The number of aryl methyl sites for hydroxylation is 1. The maximum absolute atomic E-state index is 11.8. The van der Waals surface area contributed by atoms with Gasteiger partial charge in [-0.15, -0.1) is 11.3 Å². The highest BCUT2D eigenvalue weighted by Crippen LogP contribution is 2.44. The van der Waals surface area contributed by atoms with Gasteiger partial charge in [0.2, 0.25) is 5.95 Å². The molecule has 176 valence electrons. The van der Waals surface area contributed by atoms with Gasteiger partial charge in [-0.3, -0.25) is 4.79 Å². The molecule has 4 heterocycles. The van der Waals surface area contributed by atoms with Crippen LogP contribution in [0.1, 0.15) is 12.0 Å². The molecule has 5 aromatic rings. The minimum Gasteiger partial charge on any atom is -0.469 e. The molecule has 1 aliphatic rings. The molecule has 0 amide bonds. The van der Waals surface area contributed by atoms with Crippen LogP contribution >= 0.6 is 11.3 Å². The molecule has 6 rings (SSSR count). The minimum atomic E-state index is -0.261. The number of esters is 1. The standard InChI is InChI=1S/C26H24N6O2S/c1-31-25-17(12-29-31)9-16(10-18(25)22-11-15-5-3-4-6-21(15)35-22)19-14-32(8-7-23(33)34-2)20-13-28-26(27)30-24(19)20/h3-6,9-11,13-14,29H,7-8,12H2,1-2H3,(H2,27,28,30). The van der Waals surface area contributed by atoms with Gasteiger partial charge < -0.3 is 20.0 Å². The van der Waals surface area contributed by atoms with Gasteiger partial charge in [0.05, 0.1) is 30.9 Å². The van der Waals surface area contributed by atoms with Gasteiger partial charge in [-0.05, 0) is 40.8 Å². The average molecular weight is 485 g/mol. The van der Waals surface area contributed by atoms with E-state index in [9.17, 15) is 4.79 Å². The quantitative estimate of drug-likeness (QED) is 0.352. The van der Waals surface area contributed by atoms with Gasteiger partial charge in [0.25, 0.3) is 0 Å². The van der Waals surface area contributed by atoms with Gasteiger partial charge in [0.15, 0.2) is 0 Å². The van der Waals surface area contributed by atoms with Gasteiger partial charge in [-0.25, -0.2) is 15.4 Å². The summed E-state index contributed by atoms with van der Waals surface area (Å²) >= 11 is 1.79. The number of thiophene rings is 1. The maximum Gasteiger partial charge on any atom is 0.307 e. The topological polar surface area (TPSA) is 98.3 Å². The van der Waals surface area contributed by atoms with Crippen molar-refractivity contribution in [2.24, 2.45) is 0 Å². The Kier molecular flexibility index (Phi) is 5.16. The third-order valence-corrected chi connectivity index (χ3v) is 7.60. The number of hydrogen-bond acceptors (Lipinski definition) is 8. The SMILES string of the molecule is COC(=O)CCn1cc(-c2cc3c(c(-c4cc5ccccc5s4)c2)N(C)NC3)c2nc(N)ncc21. The lowest BCUT2D eigenvalue weighted by Crippen LogP contribution is -2.26. The Morgan fingerprint density at radius 3 is 2.91 bits per heavy atom. The van der Waals surface area contributed by atoms with Crippen molar-refractivity contribution in [1.82, 2.24) is 20.0 Å². The number of rotatable bonds is 5. The predicted octanol–water partition coefficient (Wildman–Crippen LogP) is 4.58. The van der Waals surface area contributed by atoms with Crippen LogP contribution in [0.15, 0.2) is 54.9 Å². The van der Waals surface area contributed by atoms with Crippen LogP contribution < -0.4 is 16.2 Å². The highest BCUT2D eigenvalue weighted by Gasteiger charge is 2.24. The molecule has 1 aliphatic heterocycles. The molecule has 3 N–H and O–H groups in total. The zero-order chi connectivity index (χ0) is 24.1. The zero-order valence-corrected chi connectivity index (χ0v) is 20.2. The average Bonchev–Trinajstić information content (AvgIpc) is 3.57. The van der Waals surface area contributed by atoms with E-state index in [1.807, 2.05) is 10.8 Å². The summed E-state index contributed by atoms with van der Waals surface area (Å²) in [4.78, 5) is 21.8. The molecule has 0 saturated heterocycles. The van der Waals surface area contributed by atoms with E-state index >= 15 is 0 Å². The zero-order valence-electron chi connectivity index (χ0n) is 19.4. The normalized spacial score (nSPS) is 13.0. The second-order valence-corrected chi connectivity index (χ2v) is 9.68. The minimum absolute atomic E-state index is 0.219. The smallest absolute Gasteiger partial charge is 0.307 e. The number of methoxy groups -OCH3 is 1. The summed E-state index contributed by atoms with van der Waals surface area (Å²) in [5.41, 5.74) is 16.6. The molecule has 9 heteroatoms. The molecule has 0 unspecified atom stereocenters. The maximum atomic E-state index is 11.8. The number of hydrazine groups is 1. The molecule has 0 aliphatic carbocycles. The molecule has 0 radical (unpaired) electrons. The molecule has 0 bridgehead atoms. The number of nitrogens with zero attached hydrogens (tertiary/aromatic N) is 4. The van der Waals surface area contributed by atoms with E-state index < -0.39 is 0 Å². The van der Waals surface area contributed by atoms with E-state index in [1.165, 1.54) is 38.9 Å². The summed E-state index contributed by atoms with van der Waals surface area (Å²) < 4.78 is 8.09. The fourth-order valence-corrected chi connectivity index (χ4v) is 5.84. The number of hydrogen-bond donors (Lipinski definition) is 2. The lowest BCUT2D eigenvalue weighted by atomic mass is 9.98. The Bertz CT molecular complexity index is 1570. The number of carbonyl (C=O) groups is 1. The largest absolute Gasteiger partial charge is 0.469 e. The van der Waals surface area contributed by atoms with Crippen LogP contribution in [0.5, 0.6) is 0 Å². The lowest BCUT2D eigenvalue weighted by Gasteiger charge is -2.17. The van der Waals surface area contributed by atoms with Crippen LogP contribution in [0.4, 0.5) is 11.6 Å². The first kappa shape index (κ1) is 21.6. The Balaban J connectivity index is 1.54. The number of nitrogens with one attached hydrogen (secondary N) is 1. The van der Waals surface area contributed by atoms with E-state index in [0.717, 1.165) is 28.7 Å². The fourth-order valence-electron chi connectivity index (χ4n) is 4.76. The van der Waals surface area contributed by atoms with Crippen molar-refractivity contribution in [2.75, 3.05) is 24.9 Å². The number of anilines is 2. The first-order valence-electron chi connectivity index (χ1n) is 11.3. The highest BCUT2D eigenvalue weighted by atomic mass is 32.1. The first-order chi connectivity index (χ1) is 17.0. The van der Waals surface area contributed by atoms with Crippen molar-refractivity contribution in [3.05, 3.63) is 60.4 Å². The summed E-state index contributed by atoms with van der Waals surface area (Å²) in [5.74, 6) is -0.0415. The van der Waals surface area contributed by atoms with Crippen molar-refractivity contribution in [2.45, 2.75) is 19.5 Å². The van der Waals surface area contributed by atoms with Crippen molar-refractivity contribution >= 4 is 50.1 Å². The van der Waals surface area contributed by atoms with Gasteiger partial charge >= 0.3 is 5.97 Å². The van der Waals surface area contributed by atoms with Crippen LogP contribution in [0.2, 0.25) is 0 Å². The van der Waals surface area contributed by atoms with Gasteiger partial charge in [-0.2, -0.15) is 0 Å². The van der Waals surface area contributed by atoms with Crippen molar-refractivity contribution in [3.8, 4) is 21.6 Å². The molecule has 8 nitrogen and oxygen atoms in total. The summed E-state index contributed by atoms with van der Waals surface area (Å²) in [5, 5.41) is 3.33. The second kappa shape index (κ2) is 8.37. The summed E-state index contributed by atoms with van der Waals surface area (Å²) in [6.45, 7) is 1.21. The molecule has 0 atom stereocenters. The summed E-state index contributed by atoms with van der Waals surface area (Å²) in [6, 6.07) is 15.1. The molecule has 0 fully saturated rings. The number of carbonyl (C=O) groups excluding carboxylic acids is 1. The number of benzene rings is 2. The molecule has 0 saturated carbocycles. The molecule has 35 heavy (non-hydrogen) atoms. The van der Waals surface area contributed by atoms with Crippen LogP contribution in [-0.4, -0.2) is 34.7 Å². The van der Waals surface area contributed by atoms with Gasteiger partial charge in [-0.1, -0.05) is 18.2 Å². The molecular formula is C26H24N6O2S. The number of aromatic nitrogens is 3. The van der Waals surface area contributed by atoms with E-state index in [-0.39, 0.29) is 18.3 Å². The number of ether oxygens (including phenoxy) is 1. The Hall–Kier alpha value is -3.95. The predicted molar refractivity (Wildman–Crippen MR) is 140 cm³/mol. The van der Waals surface area contributed by atoms with Crippen LogP contribution in [-0.2, 0) is 22.6 Å². The molecule has 3 aromatic heterocycles. The third kappa shape index (κ3) is 3.69. The molecule has 0 spiro atoms. The van der Waals surface area contributed by atoms with Gasteiger partial charge in [0, 0.05) is 47.0 Å². The van der Waals surface area contributed by atoms with E-state index in [2.05, 4.69) is 69.9 Å². The summed E-state index contributed by atoms with van der Waals surface area (Å²) in [7, 11) is 3.45. The van der Waals surface area contributed by atoms with E-state index in [1.54, 1.807) is 17.5 Å². The van der Waals surface area contributed by atoms with Crippen LogP contribution in [0.25, 0.3) is 42.7 Å². The number of nitrogen functional groups attached to an aromatic ring is 1. The Labute approximate surface area is 205 Å². The molecule has 2 aromatic carbocycles. The second-order valence-electron chi connectivity index (χ2n) is 8.60. The Morgan fingerprint density at radius 2 is 2.09 bits per heavy atom. The fraction of sp³-hybridized carbons (Fsp3) is 0.192. The molecular weight excluding hydrogens is 460 g/mol. The van der Waals surface area contributed by atoms with Gasteiger partial charge in [0.1, 0.15) is 5.52 Å². The van der Waals surface area contributed by atoms with E-state index in [4.69, 9.17) is 10.5 Å². The number of nitrogens with two attached hydrogens (primary N) is 1. The highest BCUT2D eigenvalue weighted by molar-refractivity contribution is 7.22. The lowest BCUT2D eigenvalue weighted by molar-refractivity contribution is -0.140. The Morgan fingerprint density at radius 1 is 1.23 bits per heavy atom. The van der Waals surface area contributed by atoms with Crippen LogP contribution in [0.3, 0.4) is 0 Å². The van der Waals surface area contributed by atoms with E-state index in [0.29, 0.717) is 6.54 Å². The third-order valence-electron chi connectivity index (χ3n) is 6.45.